The lowest BCUT2D eigenvalue weighted by Gasteiger charge is -2.50. The minimum Gasteiger partial charge on any atom is -0.544 e. The van der Waals surface area contributed by atoms with E-state index in [1.54, 1.807) is 24.3 Å². The van der Waals surface area contributed by atoms with E-state index in [0.29, 0.717) is 45.8 Å². The molecule has 0 bridgehead atoms. The molecule has 0 N–H and O–H groups in total. The number of rotatable bonds is 26. The average Bonchev–Trinajstić information content (AvgIpc) is 1.47. The molecule has 0 aliphatic carbocycles. The minimum atomic E-state index is -2.56. The van der Waals surface area contributed by atoms with Crippen molar-refractivity contribution in [1.29, 1.82) is 0 Å². The van der Waals surface area contributed by atoms with Crippen LogP contribution in [0, 0.1) is 0 Å². The fraction of sp³-hybridized carbons (Fsp3) is 0.621. The van der Waals surface area contributed by atoms with Crippen LogP contribution in [0.5, 0.6) is 46.0 Å². The quantitative estimate of drug-likeness (QED) is 0.0430. The van der Waals surface area contributed by atoms with Crippen molar-refractivity contribution in [3.63, 3.8) is 0 Å². The van der Waals surface area contributed by atoms with Crippen LogP contribution >= 0.6 is 0 Å². The molecule has 26 heteroatoms. The Kier molecular flexibility index (Phi) is 21.9. The number of hydrogen-bond acceptors (Lipinski definition) is 16. The maximum absolute atomic E-state index is 16.1. The number of ether oxygens (including phenoxy) is 3. The van der Waals surface area contributed by atoms with E-state index in [9.17, 15) is 4.79 Å². The first kappa shape index (κ1) is 71.5. The standard InChI is InChI=1S/C58H104O16Si10/c1-75(2,3)65-41-36-44-49(45(37-41)68-78(10,11)12)50(59)54(51(62-44)39-31-32-42(66-76(4,5)6)43(33-39)67-77(7,8)9)64-58-56(74-84(28,29)30)55(73-83(25,26)27)53(72-82(22,23)24)48(63-58)38-61-57(60)40-34-46(69-79(13,14)15)52(71-81(19,20)21)47(35-40)70-80(16,17)18/h31-37,48,53,55-56,58H,38H2,1-30H3/t48-,53-,55-,56-,58-/m1/s1. The highest BCUT2D eigenvalue weighted by molar-refractivity contribution is 6.74. The Hall–Kier alpha value is -3.25. The van der Waals surface area contributed by atoms with Crippen LogP contribution in [0.1, 0.15) is 10.4 Å². The smallest absolute Gasteiger partial charge is 0.338 e. The summed E-state index contributed by atoms with van der Waals surface area (Å²) in [4.78, 5) is 30.9. The summed E-state index contributed by atoms with van der Waals surface area (Å²) in [6.45, 7) is 62.4. The molecule has 3 aromatic carbocycles. The highest BCUT2D eigenvalue weighted by Crippen LogP contribution is 2.46. The molecule has 1 aromatic heterocycles. The lowest BCUT2D eigenvalue weighted by molar-refractivity contribution is -0.266. The van der Waals surface area contributed by atoms with Gasteiger partial charge in [0.1, 0.15) is 76.5 Å². The van der Waals surface area contributed by atoms with E-state index in [1.165, 1.54) is 0 Å². The van der Waals surface area contributed by atoms with Gasteiger partial charge in [-0.3, -0.25) is 4.79 Å². The number of carbonyl (C=O) groups excluding carboxylic acids is 1. The first-order valence-corrected chi connectivity index (χ1v) is 63.5. The predicted molar refractivity (Wildman–Crippen MR) is 366 cm³/mol. The van der Waals surface area contributed by atoms with Crippen molar-refractivity contribution in [3.05, 3.63) is 58.3 Å². The van der Waals surface area contributed by atoms with Crippen LogP contribution < -0.4 is 41.1 Å². The molecule has 5 rings (SSSR count). The van der Waals surface area contributed by atoms with E-state index in [1.807, 2.05) is 18.2 Å². The molecule has 84 heavy (non-hydrogen) atoms. The Morgan fingerprint density at radius 3 is 1.32 bits per heavy atom. The summed E-state index contributed by atoms with van der Waals surface area (Å²) in [5.41, 5.74) is 0.433. The van der Waals surface area contributed by atoms with Crippen molar-refractivity contribution in [2.75, 3.05) is 6.61 Å². The summed E-state index contributed by atoms with van der Waals surface area (Å²) in [5, 5.41) is 0.173. The van der Waals surface area contributed by atoms with Crippen molar-refractivity contribution in [3.8, 4) is 57.3 Å². The summed E-state index contributed by atoms with van der Waals surface area (Å²) in [5.74, 6) is 2.59. The van der Waals surface area contributed by atoms with Crippen LogP contribution in [0.25, 0.3) is 22.3 Å². The van der Waals surface area contributed by atoms with Crippen molar-refractivity contribution in [2.24, 2.45) is 0 Å². The molecular weight excluding hydrogens is 1230 g/mol. The molecule has 1 fully saturated rings. The second kappa shape index (κ2) is 25.7. The van der Waals surface area contributed by atoms with Crippen LogP contribution in [0.2, 0.25) is 196 Å². The molecule has 1 aliphatic rings. The summed E-state index contributed by atoms with van der Waals surface area (Å²) in [6, 6.07) is 12.5. The largest absolute Gasteiger partial charge is 0.544 e. The van der Waals surface area contributed by atoms with E-state index >= 15 is 4.79 Å². The van der Waals surface area contributed by atoms with Crippen LogP contribution in [0.15, 0.2) is 51.7 Å². The Labute approximate surface area is 513 Å². The summed E-state index contributed by atoms with van der Waals surface area (Å²) >= 11 is 0. The van der Waals surface area contributed by atoms with E-state index in [-0.39, 0.29) is 34.6 Å². The van der Waals surface area contributed by atoms with Gasteiger partial charge in [0, 0.05) is 17.7 Å². The summed E-state index contributed by atoms with van der Waals surface area (Å²) in [6.07, 6.45) is -5.00. The molecule has 1 aliphatic heterocycles. The van der Waals surface area contributed by atoms with Crippen LogP contribution in [0.4, 0.5) is 0 Å². The molecule has 4 aromatic rings. The van der Waals surface area contributed by atoms with Gasteiger partial charge in [0.15, 0.2) is 36.5 Å². The molecule has 0 saturated carbocycles. The van der Waals surface area contributed by atoms with Crippen molar-refractivity contribution >= 4 is 100 Å². The molecule has 1 saturated heterocycles. The van der Waals surface area contributed by atoms with E-state index in [0.717, 1.165) is 0 Å². The summed E-state index contributed by atoms with van der Waals surface area (Å²) in [7, 11) is -23.4. The first-order valence-electron chi connectivity index (χ1n) is 29.4. The van der Waals surface area contributed by atoms with Crippen LogP contribution in [0.3, 0.4) is 0 Å². The number of fused-ring (bicyclic) bond motifs is 1. The molecule has 5 atom stereocenters. The zero-order valence-electron chi connectivity index (χ0n) is 56.7. The maximum Gasteiger partial charge on any atom is 0.338 e. The van der Waals surface area contributed by atoms with Crippen molar-refractivity contribution in [1.82, 2.24) is 0 Å². The van der Waals surface area contributed by atoms with Gasteiger partial charge in [0.05, 0.1) is 5.56 Å². The van der Waals surface area contributed by atoms with E-state index < -0.39 is 125 Å². The fourth-order valence-corrected chi connectivity index (χ4v) is 17.8. The van der Waals surface area contributed by atoms with Gasteiger partial charge in [-0.15, -0.1) is 0 Å². The Balaban J connectivity index is 1.84. The summed E-state index contributed by atoms with van der Waals surface area (Å²) < 4.78 is 96.5. The Bertz CT molecular complexity index is 2970. The number of carbonyl (C=O) groups is 1. The number of hydrogen-bond donors (Lipinski definition) is 0. The molecule has 0 amide bonds. The fourth-order valence-electron chi connectivity index (χ4n) is 8.84. The third-order valence-corrected chi connectivity index (χ3v) is 19.7. The second-order valence-corrected chi connectivity index (χ2v) is 76.1. The normalized spacial score (nSPS) is 19.0. The second-order valence-electron chi connectivity index (χ2n) is 31.7. The zero-order valence-corrected chi connectivity index (χ0v) is 66.7. The third kappa shape index (κ3) is 22.7. The highest BCUT2D eigenvalue weighted by atomic mass is 28.4. The van der Waals surface area contributed by atoms with E-state index in [4.69, 9.17) is 62.9 Å². The van der Waals surface area contributed by atoms with Gasteiger partial charge in [0.25, 0.3) is 0 Å². The zero-order chi connectivity index (χ0) is 64.1. The van der Waals surface area contributed by atoms with Crippen LogP contribution in [-0.2, 0) is 22.8 Å². The molecular formula is C58H104O16Si10. The average molecular weight is 1340 g/mol. The van der Waals surface area contributed by atoms with Gasteiger partial charge >= 0.3 is 5.97 Å². The van der Waals surface area contributed by atoms with Crippen molar-refractivity contribution in [2.45, 2.75) is 227 Å². The van der Waals surface area contributed by atoms with Gasteiger partial charge in [-0.25, -0.2) is 4.79 Å². The van der Waals surface area contributed by atoms with E-state index in [2.05, 4.69) is 196 Å². The third-order valence-electron chi connectivity index (χ3n) is 10.9. The predicted octanol–water partition coefficient (Wildman–Crippen LogP) is 16.6. The Morgan fingerprint density at radius 2 is 0.857 bits per heavy atom. The lowest BCUT2D eigenvalue weighted by atomic mass is 9.99. The molecule has 16 nitrogen and oxygen atoms in total. The molecule has 2 heterocycles. The SMILES string of the molecule is C[Si](C)(C)Oc1cc(O[Si](C)(C)C)c2c(=O)c(O[C@H]3O[C@H](COC(=O)c4cc(O[Si](C)(C)C)c(O[Si](C)(C)C)c(O[Si](C)(C)C)c4)[C@@H](O[Si](C)(C)C)[C@@H](O[Si](C)(C)C)[C@H]3O[Si](C)(C)C)c(-c3ccc(O[Si](C)(C)C)c(O[Si](C)(C)C)c3)oc2c1. The van der Waals surface area contributed by atoms with Gasteiger partial charge in [-0.05, 0) is 227 Å². The lowest BCUT2D eigenvalue weighted by Crippen LogP contribution is -2.67. The monoisotopic (exact) mass is 1340 g/mol. The number of benzene rings is 3. The van der Waals surface area contributed by atoms with Gasteiger partial charge in [-0.2, -0.15) is 0 Å². The maximum atomic E-state index is 16.1. The van der Waals surface area contributed by atoms with Gasteiger partial charge < -0.3 is 62.9 Å². The minimum absolute atomic E-state index is 0.104. The molecule has 0 radical (unpaired) electrons. The topological polar surface area (TPSA) is 167 Å². The first-order chi connectivity index (χ1) is 37.6. The Morgan fingerprint density at radius 1 is 0.429 bits per heavy atom. The molecule has 472 valence electrons. The molecule has 0 spiro atoms. The van der Waals surface area contributed by atoms with Gasteiger partial charge in [-0.1, -0.05) is 0 Å². The number of esters is 1. The molecule has 0 unspecified atom stereocenters. The van der Waals surface area contributed by atoms with Crippen molar-refractivity contribution < 1.29 is 67.7 Å². The highest BCUT2D eigenvalue weighted by Gasteiger charge is 2.53. The van der Waals surface area contributed by atoms with Crippen LogP contribution in [-0.4, -0.2) is 126 Å². The van der Waals surface area contributed by atoms with Gasteiger partial charge in [0.2, 0.25) is 75.7 Å².